The number of rotatable bonds is 3. The second kappa shape index (κ2) is 5.91. The summed E-state index contributed by atoms with van der Waals surface area (Å²) in [6.45, 7) is 4.39. The van der Waals surface area contributed by atoms with E-state index in [-0.39, 0.29) is 23.1 Å². The minimum Gasteiger partial charge on any atom is -0.388 e. The molecule has 0 spiro atoms. The van der Waals surface area contributed by atoms with Gasteiger partial charge in [0.2, 0.25) is 0 Å². The Bertz CT molecular complexity index is 749. The predicted octanol–water partition coefficient (Wildman–Crippen LogP) is 3.05. The van der Waals surface area contributed by atoms with Gasteiger partial charge in [0.25, 0.3) is 5.70 Å². The molecule has 5 nitrogen and oxygen atoms in total. The zero-order valence-electron chi connectivity index (χ0n) is 14.1. The molecule has 1 heterocycles. The third-order valence-electron chi connectivity index (χ3n) is 5.08. The maximum Gasteiger partial charge on any atom is 0.265 e. The van der Waals surface area contributed by atoms with Gasteiger partial charge in [-0.05, 0) is 17.7 Å². The number of aliphatic hydroxyl groups excluding tert-OH is 1. The van der Waals surface area contributed by atoms with Crippen LogP contribution in [0.5, 0.6) is 0 Å². The third-order valence-corrected chi connectivity index (χ3v) is 5.08. The fourth-order valence-corrected chi connectivity index (χ4v) is 3.69. The Kier molecular flexibility index (Phi) is 4.05. The molecular formula is C19H22N2O3. The van der Waals surface area contributed by atoms with E-state index in [1.165, 1.54) is 29.5 Å². The normalized spacial score (nSPS) is 28.1. The van der Waals surface area contributed by atoms with Gasteiger partial charge in [-0.3, -0.25) is 10.1 Å². The summed E-state index contributed by atoms with van der Waals surface area (Å²) in [5.74, 6) is -0.386. The molecule has 0 saturated heterocycles. The molecule has 3 atom stereocenters. The van der Waals surface area contributed by atoms with Crippen molar-refractivity contribution in [1.82, 2.24) is 0 Å². The van der Waals surface area contributed by atoms with Crippen molar-refractivity contribution in [2.24, 2.45) is 5.92 Å². The molecular weight excluding hydrogens is 304 g/mol. The van der Waals surface area contributed by atoms with Gasteiger partial charge < -0.3 is 10.0 Å². The summed E-state index contributed by atoms with van der Waals surface area (Å²) >= 11 is 0. The van der Waals surface area contributed by atoms with Crippen molar-refractivity contribution >= 4 is 5.69 Å². The van der Waals surface area contributed by atoms with Gasteiger partial charge in [0, 0.05) is 36.2 Å². The molecule has 126 valence electrons. The van der Waals surface area contributed by atoms with Crippen LogP contribution in [0.15, 0.2) is 60.3 Å². The predicted molar refractivity (Wildman–Crippen MR) is 94.5 cm³/mol. The molecule has 1 aliphatic heterocycles. The van der Waals surface area contributed by atoms with E-state index in [9.17, 15) is 15.2 Å². The Morgan fingerprint density at radius 1 is 1.29 bits per heavy atom. The second-order valence-electron chi connectivity index (χ2n) is 6.96. The van der Waals surface area contributed by atoms with Crippen molar-refractivity contribution in [2.75, 3.05) is 11.9 Å². The monoisotopic (exact) mass is 326 g/mol. The molecule has 1 aromatic carbocycles. The summed E-state index contributed by atoms with van der Waals surface area (Å²) < 4.78 is 0. The molecule has 0 bridgehead atoms. The van der Waals surface area contributed by atoms with Gasteiger partial charge in [-0.2, -0.15) is 0 Å². The van der Waals surface area contributed by atoms with E-state index in [2.05, 4.69) is 44.0 Å². The molecule has 2 aliphatic rings. The Morgan fingerprint density at radius 3 is 2.67 bits per heavy atom. The number of nitro groups is 1. The summed E-state index contributed by atoms with van der Waals surface area (Å²) in [6, 6.07) is 8.44. The molecule has 0 radical (unpaired) electrons. The standard InChI is InChI=1S/C19H22N2O3/c1-19(2)15-6-4-5-7-16(15)20(3)18(19)11-8-13-12-14(21(23)24)9-10-17(13)22/h4-13,17-18,22H,1-3H3/b11-8+. The van der Waals surface area contributed by atoms with Crippen molar-refractivity contribution in [3.05, 3.63) is 76.0 Å². The topological polar surface area (TPSA) is 66.6 Å². The lowest BCUT2D eigenvalue weighted by Crippen LogP contribution is -2.37. The summed E-state index contributed by atoms with van der Waals surface area (Å²) in [4.78, 5) is 12.7. The smallest absolute Gasteiger partial charge is 0.265 e. The highest BCUT2D eigenvalue weighted by molar-refractivity contribution is 5.64. The lowest BCUT2D eigenvalue weighted by atomic mass is 9.80. The van der Waals surface area contributed by atoms with Crippen LogP contribution in [0.25, 0.3) is 0 Å². The fourth-order valence-electron chi connectivity index (χ4n) is 3.69. The zero-order valence-corrected chi connectivity index (χ0v) is 14.1. The molecule has 0 aromatic heterocycles. The van der Waals surface area contributed by atoms with Crippen LogP contribution in [-0.2, 0) is 5.41 Å². The Labute approximate surface area is 141 Å². The molecule has 0 amide bonds. The van der Waals surface area contributed by atoms with E-state index >= 15 is 0 Å². The van der Waals surface area contributed by atoms with Crippen LogP contribution in [-0.4, -0.2) is 29.2 Å². The van der Waals surface area contributed by atoms with Gasteiger partial charge >= 0.3 is 0 Å². The Hall–Kier alpha value is -2.40. The first-order valence-electron chi connectivity index (χ1n) is 8.05. The maximum absolute atomic E-state index is 10.9. The number of hydrogen-bond donors (Lipinski definition) is 1. The molecule has 3 unspecified atom stereocenters. The molecule has 3 rings (SSSR count). The van der Waals surface area contributed by atoms with Gasteiger partial charge in [0.15, 0.2) is 0 Å². The third kappa shape index (κ3) is 2.65. The highest BCUT2D eigenvalue weighted by atomic mass is 16.6. The van der Waals surface area contributed by atoms with Crippen LogP contribution in [0.3, 0.4) is 0 Å². The highest BCUT2D eigenvalue weighted by Gasteiger charge is 2.41. The van der Waals surface area contributed by atoms with Crippen molar-refractivity contribution in [1.29, 1.82) is 0 Å². The molecule has 1 aliphatic carbocycles. The van der Waals surface area contributed by atoms with Gasteiger partial charge in [-0.25, -0.2) is 0 Å². The number of anilines is 1. The van der Waals surface area contributed by atoms with Crippen LogP contribution < -0.4 is 4.90 Å². The molecule has 0 saturated carbocycles. The van der Waals surface area contributed by atoms with Crippen molar-refractivity contribution in [2.45, 2.75) is 31.4 Å². The molecule has 0 fully saturated rings. The second-order valence-corrected chi connectivity index (χ2v) is 6.96. The first-order chi connectivity index (χ1) is 11.3. The van der Waals surface area contributed by atoms with E-state index in [1.807, 2.05) is 18.2 Å². The number of likely N-dealkylation sites (N-methyl/N-ethyl adjacent to an activating group) is 1. The number of hydrogen-bond acceptors (Lipinski definition) is 4. The van der Waals surface area contributed by atoms with Gasteiger partial charge in [0.05, 0.1) is 17.1 Å². The van der Waals surface area contributed by atoms with E-state index < -0.39 is 11.0 Å². The quantitative estimate of drug-likeness (QED) is 0.527. The number of para-hydroxylation sites is 1. The SMILES string of the molecule is CN1c2ccccc2C(C)(C)C1/C=C/C1C=C([N+](=O)[O-])C=CC1O. The zero-order chi connectivity index (χ0) is 17.5. The largest absolute Gasteiger partial charge is 0.388 e. The number of benzene rings is 1. The fraction of sp³-hybridized carbons (Fsp3) is 0.368. The first kappa shape index (κ1) is 16.5. The average Bonchev–Trinajstić information content (AvgIpc) is 2.74. The van der Waals surface area contributed by atoms with Crippen LogP contribution in [0, 0.1) is 16.0 Å². The lowest BCUT2D eigenvalue weighted by Gasteiger charge is -2.30. The Balaban J connectivity index is 1.87. The summed E-state index contributed by atoms with van der Waals surface area (Å²) in [6.07, 6.45) is 7.55. The minimum atomic E-state index is -0.734. The first-order valence-corrected chi connectivity index (χ1v) is 8.05. The van der Waals surface area contributed by atoms with E-state index in [1.54, 1.807) is 0 Å². The van der Waals surface area contributed by atoms with Gasteiger partial charge in [-0.1, -0.05) is 44.2 Å². The number of fused-ring (bicyclic) bond motifs is 1. The van der Waals surface area contributed by atoms with E-state index in [0.29, 0.717) is 0 Å². The van der Waals surface area contributed by atoms with Crippen molar-refractivity contribution in [3.8, 4) is 0 Å². The van der Waals surface area contributed by atoms with Crippen LogP contribution >= 0.6 is 0 Å². The molecule has 24 heavy (non-hydrogen) atoms. The van der Waals surface area contributed by atoms with E-state index in [0.717, 1.165) is 0 Å². The average molecular weight is 326 g/mol. The summed E-state index contributed by atoms with van der Waals surface area (Å²) in [7, 11) is 2.05. The molecule has 1 N–H and O–H groups in total. The maximum atomic E-state index is 10.9. The van der Waals surface area contributed by atoms with Gasteiger partial charge in [0.1, 0.15) is 0 Å². The molecule has 1 aromatic rings. The molecule has 5 heteroatoms. The van der Waals surface area contributed by atoms with Gasteiger partial charge in [-0.15, -0.1) is 0 Å². The summed E-state index contributed by atoms with van der Waals surface area (Å²) in [5.41, 5.74) is 2.43. The summed E-state index contributed by atoms with van der Waals surface area (Å²) in [5, 5.41) is 21.0. The van der Waals surface area contributed by atoms with Crippen molar-refractivity contribution in [3.63, 3.8) is 0 Å². The number of allylic oxidation sites excluding steroid dienone is 1. The lowest BCUT2D eigenvalue weighted by molar-refractivity contribution is -0.419. The number of aliphatic hydroxyl groups is 1. The highest BCUT2D eigenvalue weighted by Crippen LogP contribution is 2.44. The minimum absolute atomic E-state index is 0.0253. The Morgan fingerprint density at radius 2 is 2.00 bits per heavy atom. The van der Waals surface area contributed by atoms with Crippen LogP contribution in [0.1, 0.15) is 19.4 Å². The number of nitrogens with zero attached hydrogens (tertiary/aromatic N) is 2. The van der Waals surface area contributed by atoms with Crippen molar-refractivity contribution < 1.29 is 10.0 Å². The van der Waals surface area contributed by atoms with Crippen LogP contribution in [0.2, 0.25) is 0 Å². The van der Waals surface area contributed by atoms with E-state index in [4.69, 9.17) is 0 Å². The van der Waals surface area contributed by atoms with Crippen LogP contribution in [0.4, 0.5) is 5.69 Å².